The summed E-state index contributed by atoms with van der Waals surface area (Å²) in [6.07, 6.45) is 1.13. The first-order valence-corrected chi connectivity index (χ1v) is 7.43. The second-order valence-corrected chi connectivity index (χ2v) is 6.37. The van der Waals surface area contributed by atoms with Crippen LogP contribution in [0.15, 0.2) is 42.5 Å². The van der Waals surface area contributed by atoms with Gasteiger partial charge in [0.1, 0.15) is 0 Å². The van der Waals surface area contributed by atoms with Crippen LogP contribution in [-0.4, -0.2) is 13.1 Å². The van der Waals surface area contributed by atoms with Crippen molar-refractivity contribution in [3.8, 4) is 0 Å². The van der Waals surface area contributed by atoms with Gasteiger partial charge in [-0.25, -0.2) is 0 Å². The molecule has 3 rings (SSSR count). The van der Waals surface area contributed by atoms with E-state index in [-0.39, 0.29) is 5.41 Å². The number of aryl methyl sites for hydroxylation is 3. The molecule has 1 fully saturated rings. The lowest BCUT2D eigenvalue weighted by Gasteiger charge is -2.44. The van der Waals surface area contributed by atoms with Crippen LogP contribution in [0.1, 0.15) is 27.8 Å². The first-order chi connectivity index (χ1) is 9.59. The van der Waals surface area contributed by atoms with E-state index in [4.69, 9.17) is 0 Å². The highest BCUT2D eigenvalue weighted by Gasteiger charge is 2.39. The largest absolute Gasteiger partial charge is 0.315 e. The van der Waals surface area contributed by atoms with Crippen LogP contribution in [-0.2, 0) is 11.8 Å². The Morgan fingerprint density at radius 3 is 2.15 bits per heavy atom. The van der Waals surface area contributed by atoms with Gasteiger partial charge in [-0.05, 0) is 43.9 Å². The summed E-state index contributed by atoms with van der Waals surface area (Å²) in [5, 5.41) is 3.48. The van der Waals surface area contributed by atoms with E-state index in [1.807, 2.05) is 0 Å². The molecule has 0 unspecified atom stereocenters. The van der Waals surface area contributed by atoms with E-state index in [1.54, 1.807) is 0 Å². The van der Waals surface area contributed by atoms with Crippen LogP contribution in [0.5, 0.6) is 0 Å². The Morgan fingerprint density at radius 1 is 0.950 bits per heavy atom. The Morgan fingerprint density at radius 2 is 1.60 bits per heavy atom. The van der Waals surface area contributed by atoms with Crippen molar-refractivity contribution in [2.24, 2.45) is 0 Å². The van der Waals surface area contributed by atoms with E-state index in [0.29, 0.717) is 0 Å². The van der Waals surface area contributed by atoms with Crippen molar-refractivity contribution in [3.05, 3.63) is 70.3 Å². The summed E-state index contributed by atoms with van der Waals surface area (Å²) >= 11 is 0. The zero-order valence-corrected chi connectivity index (χ0v) is 12.7. The molecule has 0 bridgehead atoms. The highest BCUT2D eigenvalue weighted by molar-refractivity contribution is 5.40. The summed E-state index contributed by atoms with van der Waals surface area (Å²) in [5.74, 6) is 0. The fourth-order valence-corrected chi connectivity index (χ4v) is 3.57. The summed E-state index contributed by atoms with van der Waals surface area (Å²) < 4.78 is 0. The standard InChI is InChI=1S/C19H23N/c1-14-8-15(2)10-17(9-14)11-19(12-20-13-19)18-7-5-4-6-16(18)3/h4-10,20H,11-13H2,1-3H3. The maximum atomic E-state index is 3.48. The van der Waals surface area contributed by atoms with E-state index in [2.05, 4.69) is 68.6 Å². The Bertz CT molecular complexity index is 603. The molecule has 2 aromatic rings. The zero-order valence-electron chi connectivity index (χ0n) is 12.7. The monoisotopic (exact) mass is 265 g/mol. The molecule has 1 heteroatoms. The van der Waals surface area contributed by atoms with E-state index < -0.39 is 0 Å². The van der Waals surface area contributed by atoms with Crippen molar-refractivity contribution < 1.29 is 0 Å². The second kappa shape index (κ2) is 5.06. The fraction of sp³-hybridized carbons (Fsp3) is 0.368. The van der Waals surface area contributed by atoms with Crippen LogP contribution in [0.25, 0.3) is 0 Å². The minimum Gasteiger partial charge on any atom is -0.315 e. The summed E-state index contributed by atoms with van der Waals surface area (Å²) in [7, 11) is 0. The number of rotatable bonds is 3. The second-order valence-electron chi connectivity index (χ2n) is 6.37. The predicted octanol–water partition coefficient (Wildman–Crippen LogP) is 3.70. The Kier molecular flexibility index (Phi) is 3.39. The average Bonchev–Trinajstić information content (AvgIpc) is 2.34. The van der Waals surface area contributed by atoms with Gasteiger partial charge < -0.3 is 5.32 Å². The van der Waals surface area contributed by atoms with Gasteiger partial charge in [0.05, 0.1) is 0 Å². The molecule has 0 radical (unpaired) electrons. The van der Waals surface area contributed by atoms with Crippen LogP contribution in [0, 0.1) is 20.8 Å². The maximum Gasteiger partial charge on any atom is 0.0245 e. The summed E-state index contributed by atoms with van der Waals surface area (Å²) in [4.78, 5) is 0. The molecular formula is C19H23N. The average molecular weight is 265 g/mol. The lowest BCUT2D eigenvalue weighted by Crippen LogP contribution is -2.58. The van der Waals surface area contributed by atoms with Gasteiger partial charge in [0, 0.05) is 18.5 Å². The first-order valence-electron chi connectivity index (χ1n) is 7.43. The zero-order chi connectivity index (χ0) is 14.2. The quantitative estimate of drug-likeness (QED) is 0.892. The molecule has 2 aromatic carbocycles. The molecule has 0 atom stereocenters. The maximum absolute atomic E-state index is 3.48. The van der Waals surface area contributed by atoms with Crippen molar-refractivity contribution in [2.45, 2.75) is 32.6 Å². The van der Waals surface area contributed by atoms with Crippen molar-refractivity contribution in [1.82, 2.24) is 5.32 Å². The minimum absolute atomic E-state index is 0.283. The van der Waals surface area contributed by atoms with Crippen LogP contribution < -0.4 is 5.32 Å². The van der Waals surface area contributed by atoms with Crippen LogP contribution in [0.3, 0.4) is 0 Å². The highest BCUT2D eigenvalue weighted by atomic mass is 15.0. The van der Waals surface area contributed by atoms with Crippen molar-refractivity contribution in [3.63, 3.8) is 0 Å². The number of benzene rings is 2. The lowest BCUT2D eigenvalue weighted by atomic mass is 9.69. The van der Waals surface area contributed by atoms with Gasteiger partial charge in [0.25, 0.3) is 0 Å². The van der Waals surface area contributed by atoms with Gasteiger partial charge >= 0.3 is 0 Å². The normalized spacial score (nSPS) is 16.8. The molecule has 0 aromatic heterocycles. The van der Waals surface area contributed by atoms with E-state index in [9.17, 15) is 0 Å². The summed E-state index contributed by atoms with van der Waals surface area (Å²) in [6, 6.07) is 15.8. The number of hydrogen-bond acceptors (Lipinski definition) is 1. The molecule has 0 saturated carbocycles. The Labute approximate surface area is 122 Å². The molecule has 1 nitrogen and oxygen atoms in total. The van der Waals surface area contributed by atoms with Crippen molar-refractivity contribution >= 4 is 0 Å². The summed E-state index contributed by atoms with van der Waals surface area (Å²) in [6.45, 7) is 8.79. The Balaban J connectivity index is 1.96. The molecule has 1 aliphatic rings. The number of hydrogen-bond donors (Lipinski definition) is 1. The molecule has 20 heavy (non-hydrogen) atoms. The third-order valence-electron chi connectivity index (χ3n) is 4.47. The molecule has 0 spiro atoms. The van der Waals surface area contributed by atoms with E-state index in [1.165, 1.54) is 27.8 Å². The van der Waals surface area contributed by atoms with Gasteiger partial charge in [-0.1, -0.05) is 53.6 Å². The number of nitrogens with one attached hydrogen (secondary N) is 1. The van der Waals surface area contributed by atoms with Crippen LogP contribution in [0.2, 0.25) is 0 Å². The third-order valence-corrected chi connectivity index (χ3v) is 4.47. The van der Waals surface area contributed by atoms with Crippen LogP contribution in [0.4, 0.5) is 0 Å². The third kappa shape index (κ3) is 2.38. The van der Waals surface area contributed by atoms with Crippen LogP contribution >= 0.6 is 0 Å². The fourth-order valence-electron chi connectivity index (χ4n) is 3.57. The molecule has 1 aliphatic heterocycles. The Hall–Kier alpha value is -1.60. The minimum atomic E-state index is 0.283. The van der Waals surface area contributed by atoms with Gasteiger partial charge in [-0.15, -0.1) is 0 Å². The van der Waals surface area contributed by atoms with Gasteiger partial charge in [0.15, 0.2) is 0 Å². The first kappa shape index (κ1) is 13.4. The van der Waals surface area contributed by atoms with E-state index >= 15 is 0 Å². The smallest absolute Gasteiger partial charge is 0.0245 e. The van der Waals surface area contributed by atoms with Crippen molar-refractivity contribution in [1.29, 1.82) is 0 Å². The topological polar surface area (TPSA) is 12.0 Å². The summed E-state index contributed by atoms with van der Waals surface area (Å²) in [5.41, 5.74) is 7.41. The molecule has 104 valence electrons. The molecule has 0 amide bonds. The molecular weight excluding hydrogens is 242 g/mol. The predicted molar refractivity (Wildman–Crippen MR) is 85.3 cm³/mol. The molecule has 1 heterocycles. The van der Waals surface area contributed by atoms with Gasteiger partial charge in [-0.2, -0.15) is 0 Å². The molecule has 1 N–H and O–H groups in total. The van der Waals surface area contributed by atoms with Crippen molar-refractivity contribution in [2.75, 3.05) is 13.1 Å². The molecule has 1 saturated heterocycles. The van der Waals surface area contributed by atoms with Gasteiger partial charge in [-0.3, -0.25) is 0 Å². The van der Waals surface area contributed by atoms with Gasteiger partial charge in [0.2, 0.25) is 0 Å². The SMILES string of the molecule is Cc1cc(C)cc(CC2(c3ccccc3C)CNC2)c1. The highest BCUT2D eigenvalue weighted by Crippen LogP contribution is 2.34. The lowest BCUT2D eigenvalue weighted by molar-refractivity contribution is 0.273. The van der Waals surface area contributed by atoms with E-state index in [0.717, 1.165) is 19.5 Å². The molecule has 0 aliphatic carbocycles.